The molecule has 0 bridgehead atoms. The van der Waals surface area contributed by atoms with Crippen LogP contribution in [0.1, 0.15) is 31.2 Å². The molecule has 2 fully saturated rings. The second kappa shape index (κ2) is 7.70. The lowest BCUT2D eigenvalue weighted by molar-refractivity contribution is -0.242. The zero-order chi connectivity index (χ0) is 20.7. The Morgan fingerprint density at radius 3 is 2.68 bits per heavy atom. The van der Waals surface area contributed by atoms with Gasteiger partial charge in [0.25, 0.3) is 0 Å². The number of benzene rings is 1. The molecule has 1 aliphatic carbocycles. The van der Waals surface area contributed by atoms with E-state index in [1.54, 1.807) is 6.07 Å². The van der Waals surface area contributed by atoms with Gasteiger partial charge in [0.1, 0.15) is 5.60 Å². The predicted octanol–water partition coefficient (Wildman–Crippen LogP) is 1.55. The van der Waals surface area contributed by atoms with Crippen molar-refractivity contribution in [1.82, 2.24) is 4.90 Å². The average Bonchev–Trinajstić information content (AvgIpc) is 2.65. The summed E-state index contributed by atoms with van der Waals surface area (Å²) in [6, 6.07) is 2.32. The quantitative estimate of drug-likeness (QED) is 0.541. The van der Waals surface area contributed by atoms with Gasteiger partial charge in [-0.05, 0) is 43.4 Å². The maximum Gasteiger partial charge on any atom is 0.409 e. The molecule has 1 amide bonds. The Morgan fingerprint density at radius 1 is 1.32 bits per heavy atom. The summed E-state index contributed by atoms with van der Waals surface area (Å²) in [5.74, 6) is 0.225. The number of methoxy groups -OCH3 is 2. The van der Waals surface area contributed by atoms with Crippen molar-refractivity contribution in [2.24, 2.45) is 0 Å². The molecule has 0 aromatic heterocycles. The highest BCUT2D eigenvalue weighted by Gasteiger charge is 2.61. The first-order chi connectivity index (χ1) is 13.1. The SMILES string of the molecule is COC(=O)N1CCC2(O)CC(O)CCC2(O)C1Cc1cc(O)c(OC)cc1Br. The molecule has 1 saturated carbocycles. The van der Waals surface area contributed by atoms with Crippen molar-refractivity contribution in [2.45, 2.75) is 55.5 Å². The Bertz CT molecular complexity index is 760. The van der Waals surface area contributed by atoms with Gasteiger partial charge in [0.15, 0.2) is 11.5 Å². The molecular formula is C19H26BrNO7. The highest BCUT2D eigenvalue weighted by atomic mass is 79.9. The number of ether oxygens (including phenoxy) is 2. The first-order valence-corrected chi connectivity index (χ1v) is 9.97. The van der Waals surface area contributed by atoms with Crippen LogP contribution in [0.25, 0.3) is 0 Å². The molecule has 1 aliphatic heterocycles. The maximum absolute atomic E-state index is 12.4. The summed E-state index contributed by atoms with van der Waals surface area (Å²) in [5.41, 5.74) is -2.49. The number of aliphatic hydroxyl groups is 3. The van der Waals surface area contributed by atoms with E-state index in [0.29, 0.717) is 22.2 Å². The third-order valence-corrected chi connectivity index (χ3v) is 6.84. The molecule has 2 aliphatic rings. The van der Waals surface area contributed by atoms with Crippen LogP contribution in [-0.2, 0) is 11.2 Å². The van der Waals surface area contributed by atoms with Crippen molar-refractivity contribution >= 4 is 22.0 Å². The second-order valence-electron chi connectivity index (χ2n) is 7.60. The van der Waals surface area contributed by atoms with Crippen LogP contribution in [0.15, 0.2) is 16.6 Å². The minimum Gasteiger partial charge on any atom is -0.504 e. The molecule has 4 N–H and O–H groups in total. The largest absolute Gasteiger partial charge is 0.504 e. The number of halogens is 1. The summed E-state index contributed by atoms with van der Waals surface area (Å²) in [5, 5.41) is 42.9. The summed E-state index contributed by atoms with van der Waals surface area (Å²) in [6.07, 6.45) is -0.484. The van der Waals surface area contributed by atoms with Gasteiger partial charge < -0.3 is 34.8 Å². The maximum atomic E-state index is 12.4. The van der Waals surface area contributed by atoms with Crippen LogP contribution in [0.3, 0.4) is 0 Å². The summed E-state index contributed by atoms with van der Waals surface area (Å²) >= 11 is 3.44. The molecule has 0 spiro atoms. The molecule has 28 heavy (non-hydrogen) atoms. The van der Waals surface area contributed by atoms with E-state index in [1.807, 2.05) is 0 Å². The van der Waals surface area contributed by atoms with Gasteiger partial charge in [-0.2, -0.15) is 0 Å². The van der Waals surface area contributed by atoms with Crippen molar-refractivity contribution in [1.29, 1.82) is 0 Å². The average molecular weight is 460 g/mol. The summed E-state index contributed by atoms with van der Waals surface area (Å²) in [7, 11) is 2.71. The van der Waals surface area contributed by atoms with Crippen molar-refractivity contribution in [2.75, 3.05) is 20.8 Å². The lowest BCUT2D eigenvalue weighted by atomic mass is 9.62. The van der Waals surface area contributed by atoms with Crippen molar-refractivity contribution in [3.63, 3.8) is 0 Å². The van der Waals surface area contributed by atoms with Crippen LogP contribution in [0, 0.1) is 0 Å². The zero-order valence-electron chi connectivity index (χ0n) is 15.9. The van der Waals surface area contributed by atoms with Crippen LogP contribution >= 0.6 is 15.9 Å². The van der Waals surface area contributed by atoms with Crippen LogP contribution in [0.5, 0.6) is 11.5 Å². The molecule has 3 rings (SSSR count). The number of nitrogens with zero attached hydrogens (tertiary/aromatic N) is 1. The van der Waals surface area contributed by atoms with E-state index >= 15 is 0 Å². The molecule has 1 saturated heterocycles. The van der Waals surface area contributed by atoms with Gasteiger partial charge in [-0.15, -0.1) is 0 Å². The predicted molar refractivity (Wildman–Crippen MR) is 103 cm³/mol. The Morgan fingerprint density at radius 2 is 2.04 bits per heavy atom. The number of carbonyl (C=O) groups excluding carboxylic acids is 1. The Balaban J connectivity index is 2.02. The van der Waals surface area contributed by atoms with E-state index in [0.717, 1.165) is 0 Å². The summed E-state index contributed by atoms with van der Waals surface area (Å²) in [4.78, 5) is 13.8. The number of carbonyl (C=O) groups is 1. The molecule has 156 valence electrons. The standard InChI is InChI=1S/C19H26BrNO7/c1-27-15-9-13(20)11(7-14(15)23)8-16-19(26)4-3-12(22)10-18(19,25)5-6-21(16)17(24)28-2/h7,9,12,16,22-23,25-26H,3-6,8,10H2,1-2H3. The molecule has 9 heteroatoms. The minimum atomic E-state index is -1.62. The number of fused-ring (bicyclic) bond motifs is 1. The van der Waals surface area contributed by atoms with Crippen LogP contribution in [-0.4, -0.2) is 75.5 Å². The highest BCUT2D eigenvalue weighted by Crippen LogP contribution is 2.48. The number of hydrogen-bond donors (Lipinski definition) is 4. The van der Waals surface area contributed by atoms with Gasteiger partial charge in [-0.3, -0.25) is 0 Å². The molecule has 1 heterocycles. The molecule has 8 nitrogen and oxygen atoms in total. The van der Waals surface area contributed by atoms with E-state index < -0.39 is 29.4 Å². The Kier molecular flexibility index (Phi) is 5.82. The smallest absolute Gasteiger partial charge is 0.409 e. The number of hydrogen-bond acceptors (Lipinski definition) is 7. The van der Waals surface area contributed by atoms with Gasteiger partial charge in [-0.25, -0.2) is 4.79 Å². The fraction of sp³-hybridized carbons (Fsp3) is 0.632. The topological polar surface area (TPSA) is 120 Å². The first kappa shape index (κ1) is 21.2. The van der Waals surface area contributed by atoms with Crippen molar-refractivity contribution < 1.29 is 34.7 Å². The minimum absolute atomic E-state index is 0.0457. The van der Waals surface area contributed by atoms with Crippen LogP contribution in [0.2, 0.25) is 0 Å². The number of rotatable bonds is 3. The number of phenols is 1. The summed E-state index contributed by atoms with van der Waals surface area (Å²) in [6.45, 7) is 0.183. The van der Waals surface area contributed by atoms with Gasteiger partial charge >= 0.3 is 6.09 Å². The second-order valence-corrected chi connectivity index (χ2v) is 8.46. The van der Waals surface area contributed by atoms with Crippen molar-refractivity contribution in [3.8, 4) is 11.5 Å². The molecule has 1 aromatic rings. The third kappa shape index (κ3) is 3.45. The molecule has 0 radical (unpaired) electrons. The molecular weight excluding hydrogens is 434 g/mol. The fourth-order valence-electron chi connectivity index (χ4n) is 4.53. The van der Waals surface area contributed by atoms with Crippen LogP contribution < -0.4 is 4.74 Å². The normalized spacial score (nSPS) is 32.6. The highest BCUT2D eigenvalue weighted by molar-refractivity contribution is 9.10. The van der Waals surface area contributed by atoms with E-state index in [-0.39, 0.29) is 38.0 Å². The molecule has 1 aromatic carbocycles. The van der Waals surface area contributed by atoms with Gasteiger partial charge in [0.05, 0.1) is 32.0 Å². The van der Waals surface area contributed by atoms with E-state index in [2.05, 4.69) is 15.9 Å². The third-order valence-electron chi connectivity index (χ3n) is 6.10. The number of aromatic hydroxyl groups is 1. The fourth-order valence-corrected chi connectivity index (χ4v) is 5.02. The van der Waals surface area contributed by atoms with Crippen LogP contribution in [0.4, 0.5) is 4.79 Å². The lowest BCUT2D eigenvalue weighted by Crippen LogP contribution is -2.73. The van der Waals surface area contributed by atoms with Gasteiger partial charge in [-0.1, -0.05) is 15.9 Å². The Hall–Kier alpha value is -1.55. The number of amides is 1. The Labute approximate surface area is 171 Å². The number of phenolic OH excluding ortho intramolecular Hbond substituents is 1. The number of aliphatic hydroxyl groups excluding tert-OH is 1. The van der Waals surface area contributed by atoms with E-state index in [9.17, 15) is 25.2 Å². The first-order valence-electron chi connectivity index (χ1n) is 9.18. The molecule has 4 unspecified atom stereocenters. The van der Waals surface area contributed by atoms with Crippen molar-refractivity contribution in [3.05, 3.63) is 22.2 Å². The number of piperidine rings is 1. The monoisotopic (exact) mass is 459 g/mol. The summed E-state index contributed by atoms with van der Waals surface area (Å²) < 4.78 is 10.6. The zero-order valence-corrected chi connectivity index (χ0v) is 17.5. The number of likely N-dealkylation sites (tertiary alicyclic amines) is 1. The van der Waals surface area contributed by atoms with E-state index in [4.69, 9.17) is 9.47 Å². The molecule has 4 atom stereocenters. The lowest BCUT2D eigenvalue weighted by Gasteiger charge is -2.58. The van der Waals surface area contributed by atoms with Gasteiger partial charge in [0, 0.05) is 17.4 Å². The van der Waals surface area contributed by atoms with E-state index in [1.165, 1.54) is 25.2 Å². The van der Waals surface area contributed by atoms with Gasteiger partial charge in [0.2, 0.25) is 0 Å².